The maximum atomic E-state index is 9.93. The van der Waals surface area contributed by atoms with Crippen molar-refractivity contribution in [2.24, 2.45) is 0 Å². The van der Waals surface area contributed by atoms with Crippen LogP contribution in [-0.2, 0) is 4.74 Å². The molecule has 0 radical (unpaired) electrons. The van der Waals surface area contributed by atoms with Gasteiger partial charge in [-0.05, 0) is 57.2 Å². The third kappa shape index (κ3) is 4.26. The number of ether oxygens (including phenoxy) is 1. The van der Waals surface area contributed by atoms with Gasteiger partial charge >= 0.3 is 0 Å². The molecule has 3 aromatic rings. The molecule has 0 spiro atoms. The third-order valence-electron chi connectivity index (χ3n) is 5.64. The molecule has 29 heavy (non-hydrogen) atoms. The monoisotopic (exact) mass is 395 g/mol. The Morgan fingerprint density at radius 2 is 2.00 bits per heavy atom. The molecule has 3 aromatic heterocycles. The van der Waals surface area contributed by atoms with Crippen LogP contribution in [0.4, 0.5) is 5.95 Å². The van der Waals surface area contributed by atoms with E-state index in [1.807, 2.05) is 37.0 Å². The summed E-state index contributed by atoms with van der Waals surface area (Å²) in [5.41, 5.74) is 5.44. The second-order valence-electron chi connectivity index (χ2n) is 8.12. The number of nitrogens with zero attached hydrogens (tertiary/aromatic N) is 4. The molecule has 0 aromatic carbocycles. The van der Waals surface area contributed by atoms with Crippen molar-refractivity contribution in [3.8, 4) is 11.1 Å². The van der Waals surface area contributed by atoms with Crippen LogP contribution < -0.4 is 5.32 Å². The van der Waals surface area contributed by atoms with E-state index < -0.39 is 0 Å². The van der Waals surface area contributed by atoms with Crippen molar-refractivity contribution in [1.29, 1.82) is 0 Å². The van der Waals surface area contributed by atoms with E-state index in [-0.39, 0.29) is 12.1 Å². The van der Waals surface area contributed by atoms with E-state index in [0.717, 1.165) is 47.9 Å². The molecule has 0 unspecified atom stereocenters. The molecule has 3 heterocycles. The van der Waals surface area contributed by atoms with Crippen molar-refractivity contribution < 1.29 is 9.84 Å². The molecule has 0 bridgehead atoms. The van der Waals surface area contributed by atoms with Crippen LogP contribution in [0.5, 0.6) is 0 Å². The molecule has 2 N–H and O–H groups in total. The number of aryl methyl sites for hydroxylation is 1. The molecule has 1 atom stereocenters. The number of aliphatic hydroxyl groups excluding tert-OH is 1. The average Bonchev–Trinajstić information content (AvgIpc) is 3.08. The van der Waals surface area contributed by atoms with Crippen molar-refractivity contribution in [3.63, 3.8) is 0 Å². The van der Waals surface area contributed by atoms with Crippen molar-refractivity contribution in [2.75, 3.05) is 19.0 Å². The Bertz CT molecular complexity index is 978. The van der Waals surface area contributed by atoms with Gasteiger partial charge < -0.3 is 15.2 Å². The summed E-state index contributed by atoms with van der Waals surface area (Å²) in [6.07, 6.45) is 9.05. The van der Waals surface area contributed by atoms with E-state index in [1.54, 1.807) is 7.11 Å². The second-order valence-corrected chi connectivity index (χ2v) is 8.12. The van der Waals surface area contributed by atoms with E-state index >= 15 is 0 Å². The highest BCUT2D eigenvalue weighted by atomic mass is 16.5. The molecule has 0 aliphatic heterocycles. The molecular weight excluding hydrogens is 366 g/mol. The lowest BCUT2D eigenvalue weighted by atomic mass is 9.85. The molecule has 1 aliphatic rings. The zero-order chi connectivity index (χ0) is 20.4. The lowest BCUT2D eigenvalue weighted by Crippen LogP contribution is -2.23. The molecule has 7 heteroatoms. The number of anilines is 1. The summed E-state index contributed by atoms with van der Waals surface area (Å²) in [4.78, 5) is 8.92. The van der Waals surface area contributed by atoms with Crippen LogP contribution in [0.25, 0.3) is 16.6 Å². The number of hydrogen-bond acceptors (Lipinski definition) is 6. The van der Waals surface area contributed by atoms with E-state index in [1.165, 1.54) is 5.69 Å². The SMILES string of the molecule is COC[C@H](C)Nc1ncc2c(-c3cncc(C)c3)cc([C@H]3CC[C@H](O)CC3)n2n1. The predicted octanol–water partition coefficient (Wildman–Crippen LogP) is 3.57. The second kappa shape index (κ2) is 8.47. The number of fused-ring (bicyclic) bond motifs is 1. The lowest BCUT2D eigenvalue weighted by molar-refractivity contribution is 0.121. The molecule has 0 amide bonds. The van der Waals surface area contributed by atoms with E-state index in [0.29, 0.717) is 18.5 Å². The van der Waals surface area contributed by atoms with Crippen LogP contribution in [-0.4, -0.2) is 50.6 Å². The number of aliphatic hydroxyl groups is 1. The molecular formula is C22H29N5O2. The minimum absolute atomic E-state index is 0.113. The fourth-order valence-electron chi connectivity index (χ4n) is 4.19. The quantitative estimate of drug-likeness (QED) is 0.664. The van der Waals surface area contributed by atoms with E-state index in [4.69, 9.17) is 9.84 Å². The molecule has 154 valence electrons. The van der Waals surface area contributed by atoms with Gasteiger partial charge in [0.15, 0.2) is 0 Å². The van der Waals surface area contributed by atoms with E-state index in [2.05, 4.69) is 27.4 Å². The Hall–Kier alpha value is -2.51. The zero-order valence-corrected chi connectivity index (χ0v) is 17.3. The highest BCUT2D eigenvalue weighted by molar-refractivity contribution is 5.81. The van der Waals surface area contributed by atoms with Crippen LogP contribution in [0.3, 0.4) is 0 Å². The summed E-state index contributed by atoms with van der Waals surface area (Å²) in [5, 5.41) is 18.1. The van der Waals surface area contributed by atoms with Gasteiger partial charge in [0.1, 0.15) is 0 Å². The number of rotatable bonds is 6. The highest BCUT2D eigenvalue weighted by Crippen LogP contribution is 2.37. The molecule has 0 saturated heterocycles. The van der Waals surface area contributed by atoms with Crippen LogP contribution in [0.1, 0.15) is 49.8 Å². The molecule has 1 fully saturated rings. The Kier molecular flexibility index (Phi) is 5.78. The Morgan fingerprint density at radius 3 is 2.72 bits per heavy atom. The Morgan fingerprint density at radius 1 is 1.21 bits per heavy atom. The smallest absolute Gasteiger partial charge is 0.241 e. The average molecular weight is 396 g/mol. The minimum atomic E-state index is -0.181. The van der Waals surface area contributed by atoms with Gasteiger partial charge in [0.05, 0.1) is 24.4 Å². The number of hydrogen-bond donors (Lipinski definition) is 2. The maximum Gasteiger partial charge on any atom is 0.241 e. The van der Waals surface area contributed by atoms with Gasteiger partial charge in [-0.1, -0.05) is 0 Å². The third-order valence-corrected chi connectivity index (χ3v) is 5.64. The van der Waals surface area contributed by atoms with Crippen molar-refractivity contribution >= 4 is 11.5 Å². The fraction of sp³-hybridized carbons (Fsp3) is 0.500. The Labute approximate surface area is 171 Å². The minimum Gasteiger partial charge on any atom is -0.393 e. The summed E-state index contributed by atoms with van der Waals surface area (Å²) in [6, 6.07) is 4.48. The molecule has 1 saturated carbocycles. The zero-order valence-electron chi connectivity index (χ0n) is 17.3. The summed E-state index contributed by atoms with van der Waals surface area (Å²) >= 11 is 0. The topological polar surface area (TPSA) is 84.6 Å². The fourth-order valence-corrected chi connectivity index (χ4v) is 4.19. The Balaban J connectivity index is 1.78. The molecule has 4 rings (SSSR count). The first-order valence-electron chi connectivity index (χ1n) is 10.3. The molecule has 1 aliphatic carbocycles. The largest absolute Gasteiger partial charge is 0.393 e. The first-order valence-corrected chi connectivity index (χ1v) is 10.3. The van der Waals surface area contributed by atoms with Crippen LogP contribution in [0.2, 0.25) is 0 Å². The van der Waals surface area contributed by atoms with Gasteiger partial charge in [-0.3, -0.25) is 4.98 Å². The van der Waals surface area contributed by atoms with Crippen LogP contribution >= 0.6 is 0 Å². The predicted molar refractivity (Wildman–Crippen MR) is 113 cm³/mol. The van der Waals surface area contributed by atoms with Gasteiger partial charge in [0, 0.05) is 48.3 Å². The van der Waals surface area contributed by atoms with Crippen molar-refractivity contribution in [2.45, 2.75) is 57.6 Å². The van der Waals surface area contributed by atoms with Crippen LogP contribution in [0.15, 0.2) is 30.7 Å². The highest BCUT2D eigenvalue weighted by Gasteiger charge is 2.25. The number of pyridine rings is 1. The first kappa shape index (κ1) is 19.8. The van der Waals surface area contributed by atoms with Crippen LogP contribution in [0, 0.1) is 6.92 Å². The number of nitrogens with one attached hydrogen (secondary N) is 1. The maximum absolute atomic E-state index is 9.93. The summed E-state index contributed by atoms with van der Waals surface area (Å²) in [5.74, 6) is 0.959. The number of aromatic nitrogens is 4. The first-order chi connectivity index (χ1) is 14.0. The van der Waals surface area contributed by atoms with Gasteiger partial charge in [-0.2, -0.15) is 0 Å². The summed E-state index contributed by atoms with van der Waals surface area (Å²) in [6.45, 7) is 4.68. The molecule has 7 nitrogen and oxygen atoms in total. The van der Waals surface area contributed by atoms with Crippen molar-refractivity contribution in [3.05, 3.63) is 42.0 Å². The van der Waals surface area contributed by atoms with Gasteiger partial charge in [-0.15, -0.1) is 5.10 Å². The standard InChI is InChI=1S/C22H29N5O2/c1-14-8-17(11-23-10-14)19-9-20(16-4-6-18(28)7-5-16)27-21(19)12-24-22(26-27)25-15(2)13-29-3/h8-12,15-16,18,28H,4-7,13H2,1-3H3,(H,25,26)/t15-,16-,18-/m0/s1. The summed E-state index contributed by atoms with van der Waals surface area (Å²) in [7, 11) is 1.69. The number of methoxy groups -OCH3 is 1. The van der Waals surface area contributed by atoms with Crippen molar-refractivity contribution in [1.82, 2.24) is 19.6 Å². The van der Waals surface area contributed by atoms with E-state index in [9.17, 15) is 5.11 Å². The van der Waals surface area contributed by atoms with Gasteiger partial charge in [0.2, 0.25) is 5.95 Å². The van der Waals surface area contributed by atoms with Gasteiger partial charge in [0.25, 0.3) is 0 Å². The van der Waals surface area contributed by atoms with Gasteiger partial charge in [-0.25, -0.2) is 9.50 Å². The lowest BCUT2D eigenvalue weighted by Gasteiger charge is -2.25. The summed E-state index contributed by atoms with van der Waals surface area (Å²) < 4.78 is 7.23. The normalized spacial score (nSPS) is 20.7.